The highest BCUT2D eigenvalue weighted by Crippen LogP contribution is 2.32. The van der Waals surface area contributed by atoms with Gasteiger partial charge in [0.15, 0.2) is 6.10 Å². The van der Waals surface area contributed by atoms with E-state index in [0.29, 0.717) is 10.6 Å². The predicted molar refractivity (Wildman–Crippen MR) is 70.2 cm³/mol. The second-order valence-electron chi connectivity index (χ2n) is 4.36. The minimum absolute atomic E-state index is 0.0600. The molecular weight excluding hydrogens is 332 g/mol. The standard InChI is InChI=1S/C12H9Cl2F3N2O2/c1-5(9(20)12(15,16)17)11-18-10(19-21-11)6-2-3-7(13)8(14)4-6/h2-5,9,20H,1H3. The summed E-state index contributed by atoms with van der Waals surface area (Å²) in [6, 6.07) is 4.51. The molecule has 2 unspecified atom stereocenters. The average molecular weight is 341 g/mol. The fraction of sp³-hybridized carbons (Fsp3) is 0.333. The van der Waals surface area contributed by atoms with Crippen LogP contribution in [-0.2, 0) is 0 Å². The smallest absolute Gasteiger partial charge is 0.383 e. The summed E-state index contributed by atoms with van der Waals surface area (Å²) in [6.07, 6.45) is -7.35. The van der Waals surface area contributed by atoms with E-state index in [2.05, 4.69) is 10.1 Å². The summed E-state index contributed by atoms with van der Waals surface area (Å²) in [4.78, 5) is 3.85. The van der Waals surface area contributed by atoms with Crippen LogP contribution in [0.5, 0.6) is 0 Å². The lowest BCUT2D eigenvalue weighted by atomic mass is 10.0. The van der Waals surface area contributed by atoms with Gasteiger partial charge in [0.25, 0.3) is 0 Å². The Hall–Kier alpha value is -1.31. The van der Waals surface area contributed by atoms with E-state index in [-0.39, 0.29) is 16.7 Å². The molecule has 0 spiro atoms. The third-order valence-corrected chi connectivity index (χ3v) is 3.56. The summed E-state index contributed by atoms with van der Waals surface area (Å²) in [6.45, 7) is 1.14. The highest BCUT2D eigenvalue weighted by Gasteiger charge is 2.44. The first-order chi connectivity index (χ1) is 9.70. The van der Waals surface area contributed by atoms with Crippen LogP contribution in [0.15, 0.2) is 22.7 Å². The van der Waals surface area contributed by atoms with Crippen LogP contribution in [0, 0.1) is 0 Å². The third kappa shape index (κ3) is 3.48. The maximum Gasteiger partial charge on any atom is 0.415 e. The van der Waals surface area contributed by atoms with E-state index in [9.17, 15) is 18.3 Å². The topological polar surface area (TPSA) is 59.2 Å². The molecule has 4 nitrogen and oxygen atoms in total. The van der Waals surface area contributed by atoms with E-state index in [0.717, 1.165) is 6.92 Å². The van der Waals surface area contributed by atoms with Crippen LogP contribution in [0.1, 0.15) is 18.7 Å². The van der Waals surface area contributed by atoms with Gasteiger partial charge in [0.2, 0.25) is 11.7 Å². The van der Waals surface area contributed by atoms with Gasteiger partial charge in [-0.15, -0.1) is 0 Å². The predicted octanol–water partition coefficient (Wildman–Crippen LogP) is 4.07. The molecule has 114 valence electrons. The SMILES string of the molecule is CC(c1nc(-c2ccc(Cl)c(Cl)c2)no1)C(O)C(F)(F)F. The molecule has 0 amide bonds. The highest BCUT2D eigenvalue weighted by atomic mass is 35.5. The van der Waals surface area contributed by atoms with Gasteiger partial charge in [0.05, 0.1) is 16.0 Å². The Morgan fingerprint density at radius 1 is 1.24 bits per heavy atom. The molecule has 0 aliphatic carbocycles. The second kappa shape index (κ2) is 5.82. The number of hydrogen-bond acceptors (Lipinski definition) is 4. The number of hydrogen-bond donors (Lipinski definition) is 1. The number of rotatable bonds is 3. The normalized spacial score (nSPS) is 15.0. The molecule has 0 radical (unpaired) electrons. The van der Waals surface area contributed by atoms with Crippen molar-refractivity contribution in [2.24, 2.45) is 0 Å². The summed E-state index contributed by atoms with van der Waals surface area (Å²) in [7, 11) is 0. The van der Waals surface area contributed by atoms with Crippen LogP contribution >= 0.6 is 23.2 Å². The molecule has 9 heteroatoms. The molecule has 0 saturated heterocycles. The molecule has 0 aliphatic heterocycles. The van der Waals surface area contributed by atoms with E-state index in [1.807, 2.05) is 0 Å². The molecule has 2 aromatic rings. The molecule has 21 heavy (non-hydrogen) atoms. The van der Waals surface area contributed by atoms with Crippen molar-refractivity contribution in [3.05, 3.63) is 34.1 Å². The number of alkyl halides is 3. The summed E-state index contributed by atoms with van der Waals surface area (Å²) in [5, 5.41) is 13.3. The summed E-state index contributed by atoms with van der Waals surface area (Å²) in [5.41, 5.74) is 0.438. The first-order valence-corrected chi connectivity index (χ1v) is 6.49. The van der Waals surface area contributed by atoms with Crippen molar-refractivity contribution in [2.45, 2.75) is 25.1 Å². The highest BCUT2D eigenvalue weighted by molar-refractivity contribution is 6.42. The van der Waals surface area contributed by atoms with Gasteiger partial charge in [0.1, 0.15) is 0 Å². The zero-order chi connectivity index (χ0) is 15.8. The van der Waals surface area contributed by atoms with Gasteiger partial charge >= 0.3 is 6.18 Å². The van der Waals surface area contributed by atoms with E-state index in [1.54, 1.807) is 6.07 Å². The van der Waals surface area contributed by atoms with Crippen LogP contribution in [0.2, 0.25) is 10.0 Å². The van der Waals surface area contributed by atoms with E-state index in [1.165, 1.54) is 12.1 Å². The lowest BCUT2D eigenvalue weighted by molar-refractivity contribution is -0.210. The molecule has 2 rings (SSSR count). The van der Waals surface area contributed by atoms with E-state index < -0.39 is 18.2 Å². The molecular formula is C12H9Cl2F3N2O2. The lowest BCUT2D eigenvalue weighted by Gasteiger charge is -2.17. The van der Waals surface area contributed by atoms with Crippen LogP contribution < -0.4 is 0 Å². The fourth-order valence-corrected chi connectivity index (χ4v) is 1.89. The maximum absolute atomic E-state index is 12.4. The van der Waals surface area contributed by atoms with Crippen molar-refractivity contribution in [3.8, 4) is 11.4 Å². The van der Waals surface area contributed by atoms with Crippen LogP contribution in [0.3, 0.4) is 0 Å². The molecule has 0 bridgehead atoms. The lowest BCUT2D eigenvalue weighted by Crippen LogP contribution is -2.33. The minimum Gasteiger partial charge on any atom is -0.383 e. The number of benzene rings is 1. The minimum atomic E-state index is -4.77. The van der Waals surface area contributed by atoms with E-state index >= 15 is 0 Å². The number of aliphatic hydroxyl groups excluding tert-OH is 1. The number of aliphatic hydroxyl groups is 1. The Kier molecular flexibility index (Phi) is 4.46. The summed E-state index contributed by atoms with van der Waals surface area (Å²) < 4.78 is 42.1. The maximum atomic E-state index is 12.4. The number of nitrogens with zero attached hydrogens (tertiary/aromatic N) is 2. The third-order valence-electron chi connectivity index (χ3n) is 2.82. The fourth-order valence-electron chi connectivity index (χ4n) is 1.59. The van der Waals surface area contributed by atoms with Gasteiger partial charge in [-0.3, -0.25) is 0 Å². The molecule has 0 saturated carbocycles. The van der Waals surface area contributed by atoms with Crippen LogP contribution in [0.25, 0.3) is 11.4 Å². The molecule has 2 atom stereocenters. The van der Waals surface area contributed by atoms with Crippen LogP contribution in [0.4, 0.5) is 13.2 Å². The summed E-state index contributed by atoms with van der Waals surface area (Å²) in [5.74, 6) is -1.64. The first kappa shape index (κ1) is 16.1. The molecule has 1 aromatic carbocycles. The van der Waals surface area contributed by atoms with Crippen LogP contribution in [-0.4, -0.2) is 27.5 Å². The largest absolute Gasteiger partial charge is 0.415 e. The average Bonchev–Trinajstić information content (AvgIpc) is 2.88. The van der Waals surface area contributed by atoms with E-state index in [4.69, 9.17) is 27.7 Å². The first-order valence-electron chi connectivity index (χ1n) is 5.74. The van der Waals surface area contributed by atoms with Crippen molar-refractivity contribution >= 4 is 23.2 Å². The molecule has 1 heterocycles. The molecule has 0 aliphatic rings. The molecule has 1 aromatic heterocycles. The van der Waals surface area contributed by atoms with Crippen molar-refractivity contribution < 1.29 is 22.8 Å². The summed E-state index contributed by atoms with van der Waals surface area (Å²) >= 11 is 11.6. The Bertz CT molecular complexity index is 646. The van der Waals surface area contributed by atoms with Gasteiger partial charge in [-0.2, -0.15) is 18.2 Å². The van der Waals surface area contributed by atoms with Gasteiger partial charge < -0.3 is 9.63 Å². The zero-order valence-electron chi connectivity index (χ0n) is 10.5. The Balaban J connectivity index is 2.27. The zero-order valence-corrected chi connectivity index (χ0v) is 12.0. The van der Waals surface area contributed by atoms with Gasteiger partial charge in [-0.1, -0.05) is 35.3 Å². The molecule has 0 fully saturated rings. The quantitative estimate of drug-likeness (QED) is 0.914. The Morgan fingerprint density at radius 2 is 1.90 bits per heavy atom. The second-order valence-corrected chi connectivity index (χ2v) is 5.17. The van der Waals surface area contributed by atoms with Crippen molar-refractivity contribution in [2.75, 3.05) is 0 Å². The van der Waals surface area contributed by atoms with Gasteiger partial charge in [-0.25, -0.2) is 0 Å². The van der Waals surface area contributed by atoms with Gasteiger partial charge in [0, 0.05) is 5.56 Å². The number of aromatic nitrogens is 2. The van der Waals surface area contributed by atoms with Crippen molar-refractivity contribution in [3.63, 3.8) is 0 Å². The number of halogens is 5. The van der Waals surface area contributed by atoms with Crippen molar-refractivity contribution in [1.82, 2.24) is 10.1 Å². The monoisotopic (exact) mass is 340 g/mol. The van der Waals surface area contributed by atoms with Crippen molar-refractivity contribution in [1.29, 1.82) is 0 Å². The van der Waals surface area contributed by atoms with Gasteiger partial charge in [-0.05, 0) is 18.2 Å². The Morgan fingerprint density at radius 3 is 2.48 bits per heavy atom. The Labute approximate surface area is 127 Å². The molecule has 1 N–H and O–H groups in total.